The number of anilines is 1. The van der Waals surface area contributed by atoms with Crippen LogP contribution in [-0.4, -0.2) is 29.6 Å². The molecule has 1 fully saturated rings. The van der Waals surface area contributed by atoms with Crippen LogP contribution in [0.2, 0.25) is 0 Å². The zero-order chi connectivity index (χ0) is 15.5. The lowest BCUT2D eigenvalue weighted by Crippen LogP contribution is -2.55. The molecular formula is C15H20N2O4. The molecule has 0 atom stereocenters. The molecule has 1 aromatic rings. The Morgan fingerprint density at radius 3 is 2.48 bits per heavy atom. The van der Waals surface area contributed by atoms with Crippen LogP contribution < -0.4 is 15.8 Å². The monoisotopic (exact) mass is 292 g/mol. The Hall–Kier alpha value is -2.24. The molecule has 1 aliphatic rings. The quantitative estimate of drug-likeness (QED) is 0.734. The van der Waals surface area contributed by atoms with Gasteiger partial charge in [-0.25, -0.2) is 4.79 Å². The van der Waals surface area contributed by atoms with Crippen LogP contribution in [0.15, 0.2) is 18.2 Å². The fourth-order valence-electron chi connectivity index (χ4n) is 2.71. The average molecular weight is 292 g/mol. The molecule has 0 aliphatic heterocycles. The Morgan fingerprint density at radius 2 is 1.95 bits per heavy atom. The third-order valence-corrected chi connectivity index (χ3v) is 3.97. The molecule has 0 unspecified atom stereocenters. The van der Waals surface area contributed by atoms with Crippen molar-refractivity contribution >= 4 is 17.6 Å². The molecule has 0 heterocycles. The molecule has 6 heteroatoms. The first kappa shape index (κ1) is 15.2. The van der Waals surface area contributed by atoms with Gasteiger partial charge in [0.25, 0.3) is 5.91 Å². The van der Waals surface area contributed by atoms with Gasteiger partial charge >= 0.3 is 5.97 Å². The molecule has 0 radical (unpaired) electrons. The molecule has 0 saturated heterocycles. The number of nitrogens with one attached hydrogen (secondary N) is 1. The van der Waals surface area contributed by atoms with E-state index in [1.165, 1.54) is 7.11 Å². The molecule has 2 rings (SSSR count). The van der Waals surface area contributed by atoms with E-state index in [1.807, 2.05) is 0 Å². The zero-order valence-corrected chi connectivity index (χ0v) is 12.0. The number of nitrogens with two attached hydrogens (primary N) is 1. The number of rotatable bonds is 4. The molecule has 0 spiro atoms. The van der Waals surface area contributed by atoms with E-state index in [1.54, 1.807) is 18.2 Å². The predicted molar refractivity (Wildman–Crippen MR) is 78.3 cm³/mol. The molecule has 1 saturated carbocycles. The minimum absolute atomic E-state index is 0.266. The molecule has 0 aromatic heterocycles. The van der Waals surface area contributed by atoms with Crippen molar-refractivity contribution in [2.75, 3.05) is 12.8 Å². The highest BCUT2D eigenvalue weighted by molar-refractivity contribution is 6.02. The number of aliphatic carboxylic acids is 1. The van der Waals surface area contributed by atoms with Crippen molar-refractivity contribution in [1.29, 1.82) is 0 Å². The number of carboxylic acid groups (broad SMARTS) is 1. The highest BCUT2D eigenvalue weighted by Crippen LogP contribution is 2.29. The predicted octanol–water partition coefficient (Wildman–Crippen LogP) is 1.79. The van der Waals surface area contributed by atoms with Gasteiger partial charge in [-0.1, -0.05) is 19.3 Å². The highest BCUT2D eigenvalue weighted by atomic mass is 16.5. The van der Waals surface area contributed by atoms with E-state index in [9.17, 15) is 14.7 Å². The number of ether oxygens (including phenoxy) is 1. The second-order valence-corrected chi connectivity index (χ2v) is 5.36. The summed E-state index contributed by atoms with van der Waals surface area (Å²) in [5.74, 6) is -0.892. The topological polar surface area (TPSA) is 102 Å². The summed E-state index contributed by atoms with van der Waals surface area (Å²) in [7, 11) is 1.51. The first-order valence-electron chi connectivity index (χ1n) is 6.98. The molecule has 1 amide bonds. The fraction of sp³-hybridized carbons (Fsp3) is 0.467. The van der Waals surface area contributed by atoms with Crippen molar-refractivity contribution in [3.8, 4) is 5.75 Å². The number of carbonyl (C=O) groups is 2. The van der Waals surface area contributed by atoms with Crippen LogP contribution in [0.4, 0.5) is 5.69 Å². The van der Waals surface area contributed by atoms with Crippen LogP contribution in [0.3, 0.4) is 0 Å². The van der Waals surface area contributed by atoms with E-state index < -0.39 is 17.4 Å². The third kappa shape index (κ3) is 3.09. The van der Waals surface area contributed by atoms with Gasteiger partial charge in [0.05, 0.1) is 12.7 Å². The Morgan fingerprint density at radius 1 is 1.29 bits per heavy atom. The number of carbonyl (C=O) groups excluding carboxylic acids is 1. The Bertz CT molecular complexity index is 551. The number of amides is 1. The maximum atomic E-state index is 12.3. The van der Waals surface area contributed by atoms with Gasteiger partial charge in [-0.2, -0.15) is 0 Å². The Balaban J connectivity index is 2.21. The lowest BCUT2D eigenvalue weighted by molar-refractivity contribution is -0.145. The second-order valence-electron chi connectivity index (χ2n) is 5.36. The van der Waals surface area contributed by atoms with Gasteiger partial charge in [-0.3, -0.25) is 4.79 Å². The van der Waals surface area contributed by atoms with Crippen molar-refractivity contribution in [1.82, 2.24) is 5.32 Å². The molecular weight excluding hydrogens is 272 g/mol. The van der Waals surface area contributed by atoms with Crippen molar-refractivity contribution < 1.29 is 19.4 Å². The van der Waals surface area contributed by atoms with Crippen molar-refractivity contribution in [3.63, 3.8) is 0 Å². The van der Waals surface area contributed by atoms with Gasteiger partial charge in [0, 0.05) is 11.8 Å². The summed E-state index contributed by atoms with van der Waals surface area (Å²) < 4.78 is 5.03. The Labute approximate surface area is 123 Å². The SMILES string of the molecule is COc1ccc(C(=O)NC2(C(=O)O)CCCCC2)c(N)c1. The van der Waals surface area contributed by atoms with E-state index in [0.717, 1.165) is 19.3 Å². The summed E-state index contributed by atoms with van der Waals surface area (Å²) in [6, 6.07) is 4.71. The minimum atomic E-state index is -1.18. The van der Waals surface area contributed by atoms with Gasteiger partial charge in [-0.15, -0.1) is 0 Å². The summed E-state index contributed by atoms with van der Waals surface area (Å²) in [6.45, 7) is 0. The van der Waals surface area contributed by atoms with Crippen LogP contribution in [0, 0.1) is 0 Å². The van der Waals surface area contributed by atoms with Gasteiger partial charge < -0.3 is 20.9 Å². The largest absolute Gasteiger partial charge is 0.497 e. The van der Waals surface area contributed by atoms with E-state index in [2.05, 4.69) is 5.32 Å². The van der Waals surface area contributed by atoms with Gasteiger partial charge in [-0.05, 0) is 25.0 Å². The fourth-order valence-corrected chi connectivity index (χ4v) is 2.71. The summed E-state index contributed by atoms with van der Waals surface area (Å²) in [4.78, 5) is 23.9. The maximum Gasteiger partial charge on any atom is 0.329 e. The first-order valence-corrected chi connectivity index (χ1v) is 6.98. The van der Waals surface area contributed by atoms with E-state index in [-0.39, 0.29) is 11.3 Å². The highest BCUT2D eigenvalue weighted by Gasteiger charge is 2.41. The molecule has 114 valence electrons. The van der Waals surface area contributed by atoms with Crippen LogP contribution in [-0.2, 0) is 4.79 Å². The average Bonchev–Trinajstić information content (AvgIpc) is 2.47. The standard InChI is InChI=1S/C15H20N2O4/c1-21-10-5-6-11(12(16)9-10)13(18)17-15(14(19)20)7-3-2-4-8-15/h5-6,9H,2-4,7-8,16H2,1H3,(H,17,18)(H,19,20). The van der Waals surface area contributed by atoms with Crippen molar-refractivity contribution in [2.45, 2.75) is 37.6 Å². The molecule has 1 aromatic carbocycles. The van der Waals surface area contributed by atoms with Crippen LogP contribution in [0.25, 0.3) is 0 Å². The molecule has 21 heavy (non-hydrogen) atoms. The van der Waals surface area contributed by atoms with E-state index >= 15 is 0 Å². The number of hydrogen-bond acceptors (Lipinski definition) is 4. The van der Waals surface area contributed by atoms with Crippen LogP contribution in [0.5, 0.6) is 5.75 Å². The summed E-state index contributed by atoms with van der Waals surface area (Å²) in [6.07, 6.45) is 3.49. The lowest BCUT2D eigenvalue weighted by atomic mass is 9.81. The zero-order valence-electron chi connectivity index (χ0n) is 12.0. The van der Waals surface area contributed by atoms with Gasteiger partial charge in [0.2, 0.25) is 0 Å². The molecule has 6 nitrogen and oxygen atoms in total. The number of hydrogen-bond donors (Lipinski definition) is 3. The summed E-state index contributed by atoms with van der Waals surface area (Å²) in [5, 5.41) is 12.1. The van der Waals surface area contributed by atoms with Crippen LogP contribution in [0.1, 0.15) is 42.5 Å². The van der Waals surface area contributed by atoms with Crippen molar-refractivity contribution in [2.24, 2.45) is 0 Å². The number of carboxylic acids is 1. The van der Waals surface area contributed by atoms with Crippen LogP contribution >= 0.6 is 0 Å². The summed E-state index contributed by atoms with van der Waals surface area (Å²) in [5.41, 5.74) is 5.19. The molecule has 4 N–H and O–H groups in total. The molecule has 1 aliphatic carbocycles. The minimum Gasteiger partial charge on any atom is -0.497 e. The maximum absolute atomic E-state index is 12.3. The lowest BCUT2D eigenvalue weighted by Gasteiger charge is -2.34. The number of methoxy groups -OCH3 is 1. The number of nitrogen functional groups attached to an aromatic ring is 1. The summed E-state index contributed by atoms with van der Waals surface area (Å²) >= 11 is 0. The second kappa shape index (κ2) is 6.03. The normalized spacial score (nSPS) is 17.0. The third-order valence-electron chi connectivity index (χ3n) is 3.97. The van der Waals surface area contributed by atoms with Gasteiger partial charge in [0.15, 0.2) is 0 Å². The Kier molecular flexibility index (Phi) is 4.35. The smallest absolute Gasteiger partial charge is 0.329 e. The van der Waals surface area contributed by atoms with E-state index in [4.69, 9.17) is 10.5 Å². The number of benzene rings is 1. The first-order chi connectivity index (χ1) is 9.98. The van der Waals surface area contributed by atoms with Crippen molar-refractivity contribution in [3.05, 3.63) is 23.8 Å². The van der Waals surface area contributed by atoms with E-state index in [0.29, 0.717) is 18.6 Å². The molecule has 0 bridgehead atoms. The van der Waals surface area contributed by atoms with Gasteiger partial charge in [0.1, 0.15) is 11.3 Å².